The van der Waals surface area contributed by atoms with Crippen molar-refractivity contribution in [2.75, 3.05) is 0 Å². The minimum Gasteiger partial charge on any atom is -0.0993 e. The Bertz CT molecular complexity index is 870. The van der Waals surface area contributed by atoms with Crippen molar-refractivity contribution in [2.24, 2.45) is 35.0 Å². The summed E-state index contributed by atoms with van der Waals surface area (Å²) < 4.78 is 0. The summed E-state index contributed by atoms with van der Waals surface area (Å²) in [6.07, 6.45) is 28.6. The summed E-state index contributed by atoms with van der Waals surface area (Å²) in [6, 6.07) is 0. The van der Waals surface area contributed by atoms with Crippen LogP contribution in [0.15, 0.2) is 58.7 Å². The summed E-state index contributed by atoms with van der Waals surface area (Å²) >= 11 is 0. The Kier molecular flexibility index (Phi) is 14.6. The van der Waals surface area contributed by atoms with Crippen molar-refractivity contribution in [3.05, 3.63) is 58.7 Å². The van der Waals surface area contributed by atoms with Crippen LogP contribution >= 0.6 is 0 Å². The van der Waals surface area contributed by atoms with Gasteiger partial charge in [-0.05, 0) is 114 Å². The zero-order valence-corrected chi connectivity index (χ0v) is 27.8. The van der Waals surface area contributed by atoms with Gasteiger partial charge in [-0.25, -0.2) is 0 Å². The van der Waals surface area contributed by atoms with Gasteiger partial charge in [-0.2, -0.15) is 0 Å². The SMILES string of the molecule is C=C(C(C)CCCCCC)C(C)CC(C=C(C)C)C1CCCC(C)(CC2=CCC=C(C(C)C)CC(C)=C2)CC1. The maximum atomic E-state index is 4.64. The monoisotopic (exact) mass is 535 g/mol. The van der Waals surface area contributed by atoms with E-state index in [0.717, 1.165) is 18.8 Å². The summed E-state index contributed by atoms with van der Waals surface area (Å²) in [5.74, 6) is 3.43. The largest absolute Gasteiger partial charge is 0.0993 e. The Morgan fingerprint density at radius 1 is 1.03 bits per heavy atom. The number of unbranched alkanes of at least 4 members (excludes halogenated alkanes) is 3. The second-order valence-corrected chi connectivity index (χ2v) is 14.7. The maximum absolute atomic E-state index is 4.64. The lowest BCUT2D eigenvalue weighted by atomic mass is 9.74. The normalized spacial score (nSPS) is 24.9. The van der Waals surface area contributed by atoms with Gasteiger partial charge in [0.15, 0.2) is 0 Å². The van der Waals surface area contributed by atoms with Crippen molar-refractivity contribution in [3.8, 4) is 0 Å². The summed E-state index contributed by atoms with van der Waals surface area (Å²) in [4.78, 5) is 0. The van der Waals surface area contributed by atoms with E-state index in [-0.39, 0.29) is 0 Å². The summed E-state index contributed by atoms with van der Waals surface area (Å²) in [6.45, 7) is 26.0. The van der Waals surface area contributed by atoms with Crippen molar-refractivity contribution >= 4 is 0 Å². The highest BCUT2D eigenvalue weighted by Crippen LogP contribution is 2.45. The Balaban J connectivity index is 2.04. The first-order valence-electron chi connectivity index (χ1n) is 16.8. The molecule has 2 aliphatic rings. The molecule has 2 rings (SSSR count). The number of rotatable bonds is 14. The molecule has 2 aliphatic carbocycles. The average molecular weight is 535 g/mol. The molecule has 222 valence electrons. The van der Waals surface area contributed by atoms with Gasteiger partial charge in [0.1, 0.15) is 0 Å². The van der Waals surface area contributed by atoms with Gasteiger partial charge < -0.3 is 0 Å². The molecular weight excluding hydrogens is 468 g/mol. The first-order valence-corrected chi connectivity index (χ1v) is 16.8. The van der Waals surface area contributed by atoms with Crippen LogP contribution in [0.2, 0.25) is 0 Å². The van der Waals surface area contributed by atoms with Crippen molar-refractivity contribution < 1.29 is 0 Å². The highest BCUT2D eigenvalue weighted by molar-refractivity contribution is 5.30. The van der Waals surface area contributed by atoms with Crippen LogP contribution in [0.25, 0.3) is 0 Å². The molecule has 0 heteroatoms. The molecule has 0 spiro atoms. The molecule has 0 saturated heterocycles. The lowest BCUT2D eigenvalue weighted by Crippen LogP contribution is -2.20. The molecule has 0 aromatic carbocycles. The molecule has 0 radical (unpaired) electrons. The number of hydrogen-bond acceptors (Lipinski definition) is 0. The molecular formula is C39H66. The molecule has 0 aliphatic heterocycles. The zero-order chi connectivity index (χ0) is 29.0. The fourth-order valence-electron chi connectivity index (χ4n) is 7.37. The number of hydrogen-bond donors (Lipinski definition) is 0. The highest BCUT2D eigenvalue weighted by Gasteiger charge is 2.32. The third-order valence-electron chi connectivity index (χ3n) is 10.1. The minimum absolute atomic E-state index is 0.429. The lowest BCUT2D eigenvalue weighted by molar-refractivity contribution is 0.256. The van der Waals surface area contributed by atoms with Gasteiger partial charge in [0, 0.05) is 0 Å². The molecule has 0 nitrogen and oxygen atoms in total. The molecule has 5 atom stereocenters. The zero-order valence-electron chi connectivity index (χ0n) is 27.8. The van der Waals surface area contributed by atoms with Crippen LogP contribution in [0, 0.1) is 35.0 Å². The second kappa shape index (κ2) is 16.8. The van der Waals surface area contributed by atoms with Gasteiger partial charge in [-0.3, -0.25) is 0 Å². The Hall–Kier alpha value is -1.30. The van der Waals surface area contributed by atoms with Crippen LogP contribution in [-0.4, -0.2) is 0 Å². The predicted molar refractivity (Wildman–Crippen MR) is 177 cm³/mol. The van der Waals surface area contributed by atoms with Crippen molar-refractivity contribution in [3.63, 3.8) is 0 Å². The molecule has 5 unspecified atom stereocenters. The van der Waals surface area contributed by atoms with E-state index in [1.54, 1.807) is 11.1 Å². The first kappa shape index (κ1) is 33.9. The van der Waals surface area contributed by atoms with E-state index >= 15 is 0 Å². The molecule has 0 bridgehead atoms. The van der Waals surface area contributed by atoms with Crippen molar-refractivity contribution in [2.45, 2.75) is 152 Å². The third-order valence-corrected chi connectivity index (χ3v) is 10.1. The molecule has 39 heavy (non-hydrogen) atoms. The summed E-state index contributed by atoms with van der Waals surface area (Å²) in [7, 11) is 0. The fraction of sp³-hybridized carbons (Fsp3) is 0.744. The van der Waals surface area contributed by atoms with Crippen LogP contribution in [0.5, 0.6) is 0 Å². The molecule has 0 amide bonds. The third kappa shape index (κ3) is 12.0. The molecule has 0 heterocycles. The van der Waals surface area contributed by atoms with Crippen LogP contribution < -0.4 is 0 Å². The quantitative estimate of drug-likeness (QED) is 0.118. The summed E-state index contributed by atoms with van der Waals surface area (Å²) in [5, 5.41) is 0. The van der Waals surface area contributed by atoms with Crippen molar-refractivity contribution in [1.29, 1.82) is 0 Å². The van der Waals surface area contributed by atoms with E-state index in [0.29, 0.717) is 29.1 Å². The Labute approximate surface area is 245 Å². The van der Waals surface area contributed by atoms with E-state index in [4.69, 9.17) is 0 Å². The Morgan fingerprint density at radius 2 is 1.77 bits per heavy atom. The van der Waals surface area contributed by atoms with Crippen molar-refractivity contribution in [1.82, 2.24) is 0 Å². The van der Waals surface area contributed by atoms with Gasteiger partial charge >= 0.3 is 0 Å². The van der Waals surface area contributed by atoms with Crippen LogP contribution in [0.1, 0.15) is 152 Å². The topological polar surface area (TPSA) is 0 Å². The van der Waals surface area contributed by atoms with E-state index < -0.39 is 0 Å². The van der Waals surface area contributed by atoms with Gasteiger partial charge in [0.05, 0.1) is 0 Å². The fourth-order valence-corrected chi connectivity index (χ4v) is 7.37. The van der Waals surface area contributed by atoms with Gasteiger partial charge in [-0.1, -0.05) is 132 Å². The second-order valence-electron chi connectivity index (χ2n) is 14.7. The van der Waals surface area contributed by atoms with E-state index in [9.17, 15) is 0 Å². The number of allylic oxidation sites excluding steroid dienone is 9. The van der Waals surface area contributed by atoms with Gasteiger partial charge in [-0.15, -0.1) is 0 Å². The highest BCUT2D eigenvalue weighted by atomic mass is 14.4. The molecule has 1 saturated carbocycles. The maximum Gasteiger partial charge on any atom is -0.0105 e. The molecule has 0 N–H and O–H groups in total. The van der Waals surface area contributed by atoms with Gasteiger partial charge in [0.25, 0.3) is 0 Å². The van der Waals surface area contributed by atoms with Gasteiger partial charge in [0.2, 0.25) is 0 Å². The van der Waals surface area contributed by atoms with E-state index in [1.165, 1.54) is 93.8 Å². The van der Waals surface area contributed by atoms with Crippen LogP contribution in [0.4, 0.5) is 0 Å². The molecule has 0 aromatic rings. The first-order chi connectivity index (χ1) is 18.4. The lowest BCUT2D eigenvalue weighted by Gasteiger charge is -2.31. The average Bonchev–Trinajstić information content (AvgIpc) is 3.04. The van der Waals surface area contributed by atoms with E-state index in [1.807, 2.05) is 0 Å². The van der Waals surface area contributed by atoms with Crippen LogP contribution in [0.3, 0.4) is 0 Å². The van der Waals surface area contributed by atoms with E-state index in [2.05, 4.69) is 93.2 Å². The molecule has 0 aromatic heterocycles. The smallest absolute Gasteiger partial charge is 0.0105 e. The Morgan fingerprint density at radius 3 is 2.44 bits per heavy atom. The minimum atomic E-state index is 0.429. The standard InChI is InChI=1S/C39H66/c1-11-12-13-14-17-32(7)34(9)33(8)27-38(24-29(2)3)36-20-16-22-39(10,23-21-36)28-35-18-15-19-37(30(4)5)26-31(6)25-35/h18-19,24-25,30,32-33,36,38H,9,11-17,20-23,26-28H2,1-8,10H3. The summed E-state index contributed by atoms with van der Waals surface area (Å²) in [5.41, 5.74) is 8.16. The molecule has 1 fully saturated rings. The predicted octanol–water partition coefficient (Wildman–Crippen LogP) is 13.0. The van der Waals surface area contributed by atoms with Crippen LogP contribution in [-0.2, 0) is 0 Å².